The SMILES string of the molecule is Cc1ccc(C(C)(C)C(=O)N2CCC[C@H]2c2ccnc(=O)[nH]2)cc1. The minimum atomic E-state index is -0.608. The fraction of sp³-hybridized carbons (Fsp3) is 0.421. The molecule has 0 saturated carbocycles. The van der Waals surface area contributed by atoms with Crippen molar-refractivity contribution in [2.75, 3.05) is 6.54 Å². The van der Waals surface area contributed by atoms with E-state index in [0.29, 0.717) is 6.54 Å². The molecule has 1 amide bonds. The molecule has 0 bridgehead atoms. The molecule has 0 unspecified atom stereocenters. The predicted molar refractivity (Wildman–Crippen MR) is 92.8 cm³/mol. The summed E-state index contributed by atoms with van der Waals surface area (Å²) < 4.78 is 0. The van der Waals surface area contributed by atoms with Crippen LogP contribution in [-0.2, 0) is 10.2 Å². The van der Waals surface area contributed by atoms with E-state index < -0.39 is 5.41 Å². The monoisotopic (exact) mass is 325 g/mol. The van der Waals surface area contributed by atoms with Crippen LogP contribution >= 0.6 is 0 Å². The number of aromatic amines is 1. The van der Waals surface area contributed by atoms with Gasteiger partial charge in [-0.3, -0.25) is 4.79 Å². The highest BCUT2D eigenvalue weighted by atomic mass is 16.2. The van der Waals surface area contributed by atoms with E-state index in [4.69, 9.17) is 0 Å². The molecule has 1 N–H and O–H groups in total. The number of hydrogen-bond acceptors (Lipinski definition) is 3. The molecule has 0 aliphatic carbocycles. The van der Waals surface area contributed by atoms with Crippen LogP contribution in [-0.4, -0.2) is 27.3 Å². The number of nitrogens with zero attached hydrogens (tertiary/aromatic N) is 2. The Kier molecular flexibility index (Phi) is 4.26. The van der Waals surface area contributed by atoms with Gasteiger partial charge >= 0.3 is 5.69 Å². The molecule has 3 rings (SSSR count). The van der Waals surface area contributed by atoms with Crippen molar-refractivity contribution in [1.29, 1.82) is 0 Å². The molecule has 0 spiro atoms. The van der Waals surface area contributed by atoms with E-state index in [9.17, 15) is 9.59 Å². The molecule has 2 aromatic rings. The number of hydrogen-bond donors (Lipinski definition) is 1. The topological polar surface area (TPSA) is 66.1 Å². The van der Waals surface area contributed by atoms with Gasteiger partial charge in [-0.1, -0.05) is 29.8 Å². The highest BCUT2D eigenvalue weighted by Crippen LogP contribution is 2.35. The van der Waals surface area contributed by atoms with E-state index in [0.717, 1.165) is 24.1 Å². The number of carbonyl (C=O) groups excluding carboxylic acids is 1. The van der Waals surface area contributed by atoms with Crippen LogP contribution in [0.2, 0.25) is 0 Å². The minimum Gasteiger partial charge on any atom is -0.333 e. The van der Waals surface area contributed by atoms with Crippen molar-refractivity contribution in [2.45, 2.75) is 45.1 Å². The van der Waals surface area contributed by atoms with Crippen molar-refractivity contribution < 1.29 is 4.79 Å². The summed E-state index contributed by atoms with van der Waals surface area (Å²) in [5.74, 6) is 0.0894. The molecule has 1 saturated heterocycles. The molecule has 24 heavy (non-hydrogen) atoms. The van der Waals surface area contributed by atoms with Crippen LogP contribution in [0.1, 0.15) is 49.6 Å². The number of rotatable bonds is 3. The Morgan fingerprint density at radius 2 is 1.96 bits per heavy atom. The van der Waals surface area contributed by atoms with E-state index >= 15 is 0 Å². The van der Waals surface area contributed by atoms with Crippen LogP contribution in [0.3, 0.4) is 0 Å². The number of likely N-dealkylation sites (tertiary alicyclic amines) is 1. The summed E-state index contributed by atoms with van der Waals surface area (Å²) in [6, 6.07) is 9.81. The molecule has 1 aromatic carbocycles. The van der Waals surface area contributed by atoms with E-state index in [1.165, 1.54) is 11.8 Å². The minimum absolute atomic E-state index is 0.0853. The van der Waals surface area contributed by atoms with Gasteiger partial charge in [-0.05, 0) is 45.2 Å². The largest absolute Gasteiger partial charge is 0.345 e. The van der Waals surface area contributed by atoms with Gasteiger partial charge in [-0.15, -0.1) is 0 Å². The van der Waals surface area contributed by atoms with Crippen LogP contribution in [0.15, 0.2) is 41.3 Å². The molecule has 1 fully saturated rings. The van der Waals surface area contributed by atoms with Gasteiger partial charge in [0, 0.05) is 18.4 Å². The van der Waals surface area contributed by atoms with E-state index in [1.54, 1.807) is 6.07 Å². The second-order valence-corrected chi connectivity index (χ2v) is 6.98. The van der Waals surface area contributed by atoms with Gasteiger partial charge in [0.05, 0.1) is 11.5 Å². The zero-order valence-corrected chi connectivity index (χ0v) is 14.4. The summed E-state index contributed by atoms with van der Waals surface area (Å²) in [4.78, 5) is 33.1. The summed E-state index contributed by atoms with van der Waals surface area (Å²) >= 11 is 0. The molecule has 0 radical (unpaired) electrons. The lowest BCUT2D eigenvalue weighted by molar-refractivity contribution is -0.137. The summed E-state index contributed by atoms with van der Waals surface area (Å²) in [5, 5.41) is 0. The first kappa shape index (κ1) is 16.4. The van der Waals surface area contributed by atoms with Crippen LogP contribution in [0.25, 0.3) is 0 Å². The van der Waals surface area contributed by atoms with Gasteiger partial charge < -0.3 is 9.88 Å². The zero-order valence-electron chi connectivity index (χ0n) is 14.4. The molecule has 1 atom stereocenters. The molecule has 1 aromatic heterocycles. The number of aromatic nitrogens is 2. The fourth-order valence-electron chi connectivity index (χ4n) is 3.36. The van der Waals surface area contributed by atoms with Crippen LogP contribution < -0.4 is 5.69 Å². The Hall–Kier alpha value is -2.43. The second kappa shape index (κ2) is 6.23. The van der Waals surface area contributed by atoms with Gasteiger partial charge in [0.15, 0.2) is 0 Å². The standard InChI is InChI=1S/C19H23N3O2/c1-13-6-8-14(9-7-13)19(2,3)17(23)22-12-4-5-16(22)15-10-11-20-18(24)21-15/h6-11,16H,4-5,12H2,1-3H3,(H,20,21,24)/t16-/m0/s1. The normalized spacial score (nSPS) is 18.0. The lowest BCUT2D eigenvalue weighted by atomic mass is 9.82. The number of carbonyl (C=O) groups is 1. The Bertz CT molecular complexity index is 793. The van der Waals surface area contributed by atoms with Gasteiger partial charge in [-0.2, -0.15) is 0 Å². The number of nitrogens with one attached hydrogen (secondary N) is 1. The highest BCUT2D eigenvalue weighted by Gasteiger charge is 2.39. The van der Waals surface area contributed by atoms with Gasteiger partial charge in [-0.25, -0.2) is 9.78 Å². The first-order valence-electron chi connectivity index (χ1n) is 8.33. The van der Waals surface area contributed by atoms with Crippen molar-refractivity contribution in [3.8, 4) is 0 Å². The summed E-state index contributed by atoms with van der Waals surface area (Å²) in [6.45, 7) is 6.67. The van der Waals surface area contributed by atoms with Crippen molar-refractivity contribution in [3.05, 3.63) is 63.8 Å². The zero-order chi connectivity index (χ0) is 17.3. The number of aryl methyl sites for hydroxylation is 1. The Morgan fingerprint density at radius 3 is 2.62 bits per heavy atom. The van der Waals surface area contributed by atoms with Crippen LogP contribution in [0, 0.1) is 6.92 Å². The number of amides is 1. The highest BCUT2D eigenvalue weighted by molar-refractivity contribution is 5.88. The van der Waals surface area contributed by atoms with E-state index in [2.05, 4.69) is 9.97 Å². The molecular formula is C19H23N3O2. The van der Waals surface area contributed by atoms with Gasteiger partial charge in [0.1, 0.15) is 0 Å². The maximum Gasteiger partial charge on any atom is 0.345 e. The van der Waals surface area contributed by atoms with Crippen LogP contribution in [0.4, 0.5) is 0 Å². The molecule has 126 valence electrons. The van der Waals surface area contributed by atoms with Crippen molar-refractivity contribution in [3.63, 3.8) is 0 Å². The average Bonchev–Trinajstić information content (AvgIpc) is 3.04. The maximum atomic E-state index is 13.2. The first-order chi connectivity index (χ1) is 11.4. The molecule has 5 heteroatoms. The molecule has 1 aliphatic rings. The van der Waals surface area contributed by atoms with Crippen LogP contribution in [0.5, 0.6) is 0 Å². The number of H-pyrrole nitrogens is 1. The third kappa shape index (κ3) is 2.98. The lowest BCUT2D eigenvalue weighted by Gasteiger charge is -2.33. The molecule has 1 aliphatic heterocycles. The summed E-state index contributed by atoms with van der Waals surface area (Å²) in [6.07, 6.45) is 3.29. The quantitative estimate of drug-likeness (QED) is 0.943. The Balaban J connectivity index is 1.90. The molecular weight excluding hydrogens is 302 g/mol. The Morgan fingerprint density at radius 1 is 1.25 bits per heavy atom. The molecule has 5 nitrogen and oxygen atoms in total. The second-order valence-electron chi connectivity index (χ2n) is 6.98. The predicted octanol–water partition coefficient (Wildman–Crippen LogP) is 2.72. The van der Waals surface area contributed by atoms with Crippen molar-refractivity contribution in [1.82, 2.24) is 14.9 Å². The third-order valence-electron chi connectivity index (χ3n) is 4.88. The first-order valence-corrected chi connectivity index (χ1v) is 8.33. The summed E-state index contributed by atoms with van der Waals surface area (Å²) in [7, 11) is 0. The molecule has 2 heterocycles. The van der Waals surface area contributed by atoms with E-state index in [1.807, 2.05) is 49.9 Å². The van der Waals surface area contributed by atoms with Gasteiger partial charge in [0.2, 0.25) is 5.91 Å². The van der Waals surface area contributed by atoms with Gasteiger partial charge in [0.25, 0.3) is 0 Å². The average molecular weight is 325 g/mol. The fourth-order valence-corrected chi connectivity index (χ4v) is 3.36. The summed E-state index contributed by atoms with van der Waals surface area (Å²) in [5.41, 5.74) is 1.97. The Labute approximate surface area is 141 Å². The third-order valence-corrected chi connectivity index (χ3v) is 4.88. The smallest absolute Gasteiger partial charge is 0.333 e. The lowest BCUT2D eigenvalue weighted by Crippen LogP contribution is -2.43. The number of benzene rings is 1. The van der Waals surface area contributed by atoms with Crippen molar-refractivity contribution in [2.24, 2.45) is 0 Å². The van der Waals surface area contributed by atoms with Crippen molar-refractivity contribution >= 4 is 5.91 Å². The van der Waals surface area contributed by atoms with E-state index in [-0.39, 0.29) is 17.6 Å². The maximum absolute atomic E-state index is 13.2.